The number of halogens is 1. The Kier molecular flexibility index (Phi) is 12.9. The van der Waals surface area contributed by atoms with Gasteiger partial charge in [-0.25, -0.2) is 11.5 Å². The Balaban J connectivity index is 0.000000217. The molecular formula is C26H31ClN6O2. The Bertz CT molecular complexity index is 976. The van der Waals surface area contributed by atoms with E-state index in [1.165, 1.54) is 0 Å². The second-order valence-corrected chi connectivity index (χ2v) is 8.04. The van der Waals surface area contributed by atoms with Crippen LogP contribution in [-0.4, -0.2) is 91.4 Å². The van der Waals surface area contributed by atoms with E-state index in [0.717, 1.165) is 50.4 Å². The van der Waals surface area contributed by atoms with Gasteiger partial charge in [0.05, 0.1) is 6.07 Å². The number of benzene rings is 2. The SMILES string of the molecule is N#CCCl.O=C(c1ccccc1)N1CCNCC1.[C-]#[N+]CN1CCN(C(=O)c2ccccc2)CC1. The molecule has 0 bridgehead atoms. The summed E-state index contributed by atoms with van der Waals surface area (Å²) in [6.45, 7) is 13.7. The topological polar surface area (TPSA) is 84.0 Å². The van der Waals surface area contributed by atoms with Crippen molar-refractivity contribution in [3.05, 3.63) is 83.2 Å². The first-order valence-electron chi connectivity index (χ1n) is 11.5. The molecule has 0 saturated carbocycles. The summed E-state index contributed by atoms with van der Waals surface area (Å²) >= 11 is 4.82. The van der Waals surface area contributed by atoms with Crippen molar-refractivity contribution in [1.82, 2.24) is 20.0 Å². The van der Waals surface area contributed by atoms with Crippen molar-refractivity contribution in [3.8, 4) is 6.07 Å². The lowest BCUT2D eigenvalue weighted by molar-refractivity contribution is 0.0649. The number of piperazine rings is 2. The third-order valence-corrected chi connectivity index (χ3v) is 5.56. The molecule has 8 nitrogen and oxygen atoms in total. The van der Waals surface area contributed by atoms with E-state index in [9.17, 15) is 9.59 Å². The molecule has 4 rings (SSSR count). The predicted octanol–water partition coefficient (Wildman–Crippen LogP) is 2.80. The molecule has 0 spiro atoms. The summed E-state index contributed by atoms with van der Waals surface area (Å²) in [5.41, 5.74) is 1.53. The van der Waals surface area contributed by atoms with Crippen molar-refractivity contribution in [2.24, 2.45) is 0 Å². The molecule has 2 aromatic carbocycles. The van der Waals surface area contributed by atoms with E-state index in [-0.39, 0.29) is 17.7 Å². The quantitative estimate of drug-likeness (QED) is 0.524. The van der Waals surface area contributed by atoms with Crippen LogP contribution >= 0.6 is 11.6 Å². The van der Waals surface area contributed by atoms with Gasteiger partial charge in [0.2, 0.25) is 0 Å². The fourth-order valence-corrected chi connectivity index (χ4v) is 3.59. The van der Waals surface area contributed by atoms with Gasteiger partial charge in [0, 0.05) is 63.5 Å². The van der Waals surface area contributed by atoms with Crippen LogP contribution in [0.25, 0.3) is 4.85 Å². The number of amides is 2. The average Bonchev–Trinajstić information content (AvgIpc) is 2.95. The number of hydrogen-bond donors (Lipinski definition) is 1. The van der Waals surface area contributed by atoms with Gasteiger partial charge < -0.3 is 15.1 Å². The molecule has 2 saturated heterocycles. The van der Waals surface area contributed by atoms with Crippen LogP contribution in [0.4, 0.5) is 0 Å². The lowest BCUT2D eigenvalue weighted by Crippen LogP contribution is -2.48. The average molecular weight is 495 g/mol. The summed E-state index contributed by atoms with van der Waals surface area (Å²) in [7, 11) is 0. The van der Waals surface area contributed by atoms with Gasteiger partial charge in [-0.2, -0.15) is 5.26 Å². The van der Waals surface area contributed by atoms with Crippen LogP contribution < -0.4 is 5.32 Å². The van der Waals surface area contributed by atoms with Crippen LogP contribution in [0, 0.1) is 17.9 Å². The molecule has 9 heteroatoms. The van der Waals surface area contributed by atoms with Crippen LogP contribution in [-0.2, 0) is 0 Å². The molecule has 2 heterocycles. The number of carbonyl (C=O) groups excluding carboxylic acids is 2. The number of hydrogen-bond acceptors (Lipinski definition) is 5. The molecule has 0 aliphatic carbocycles. The van der Waals surface area contributed by atoms with Crippen molar-refractivity contribution in [2.75, 3.05) is 64.9 Å². The van der Waals surface area contributed by atoms with E-state index in [2.05, 4.69) is 15.1 Å². The van der Waals surface area contributed by atoms with E-state index >= 15 is 0 Å². The van der Waals surface area contributed by atoms with Crippen LogP contribution in [0.3, 0.4) is 0 Å². The van der Waals surface area contributed by atoms with Gasteiger partial charge in [-0.05, 0) is 24.3 Å². The first kappa shape index (κ1) is 27.8. The van der Waals surface area contributed by atoms with Crippen molar-refractivity contribution in [1.29, 1.82) is 5.26 Å². The lowest BCUT2D eigenvalue weighted by atomic mass is 10.2. The highest BCUT2D eigenvalue weighted by molar-refractivity contribution is 6.19. The molecular weight excluding hydrogens is 464 g/mol. The van der Waals surface area contributed by atoms with Crippen molar-refractivity contribution in [3.63, 3.8) is 0 Å². The monoisotopic (exact) mass is 494 g/mol. The molecule has 2 amide bonds. The van der Waals surface area contributed by atoms with Gasteiger partial charge >= 0.3 is 0 Å². The van der Waals surface area contributed by atoms with Crippen LogP contribution in [0.5, 0.6) is 0 Å². The molecule has 2 fully saturated rings. The zero-order valence-electron chi connectivity index (χ0n) is 19.8. The molecule has 2 aromatic rings. The summed E-state index contributed by atoms with van der Waals surface area (Å²) in [6.07, 6.45) is 0. The highest BCUT2D eigenvalue weighted by Gasteiger charge is 2.22. The Morgan fingerprint density at radius 2 is 1.29 bits per heavy atom. The number of nitrogens with one attached hydrogen (secondary N) is 1. The van der Waals surface area contributed by atoms with Crippen LogP contribution in [0.2, 0.25) is 0 Å². The Hall–Kier alpha value is -3.43. The minimum Gasteiger partial charge on any atom is -0.336 e. The Labute approximate surface area is 212 Å². The van der Waals surface area contributed by atoms with Gasteiger partial charge in [-0.3, -0.25) is 14.4 Å². The van der Waals surface area contributed by atoms with E-state index in [1.54, 1.807) is 6.07 Å². The second kappa shape index (κ2) is 16.2. The summed E-state index contributed by atoms with van der Waals surface area (Å²) in [4.78, 5) is 33.2. The molecule has 0 aromatic heterocycles. The molecule has 184 valence electrons. The molecule has 0 radical (unpaired) electrons. The van der Waals surface area contributed by atoms with Crippen molar-refractivity contribution < 1.29 is 9.59 Å². The van der Waals surface area contributed by atoms with E-state index in [0.29, 0.717) is 19.8 Å². The molecule has 0 unspecified atom stereocenters. The number of alkyl halides is 1. The van der Waals surface area contributed by atoms with Crippen LogP contribution in [0.1, 0.15) is 20.7 Å². The first-order chi connectivity index (χ1) is 17.1. The highest BCUT2D eigenvalue weighted by Crippen LogP contribution is 2.08. The maximum atomic E-state index is 12.1. The lowest BCUT2D eigenvalue weighted by Gasteiger charge is -2.32. The van der Waals surface area contributed by atoms with Crippen LogP contribution in [0.15, 0.2) is 60.7 Å². The van der Waals surface area contributed by atoms with Gasteiger partial charge in [0.15, 0.2) is 0 Å². The van der Waals surface area contributed by atoms with E-state index in [4.69, 9.17) is 23.4 Å². The standard InChI is InChI=1S/C13H15N3O.C11H14N2O.C2H2ClN/c1-14-11-15-7-9-16(10-8-15)13(17)12-5-3-2-4-6-12;14-11(10-4-2-1-3-5-10)13-8-6-12-7-9-13;3-1-2-4/h2-6H,7-11H2;1-5,12H,6-9H2;1H2. The van der Waals surface area contributed by atoms with Crippen molar-refractivity contribution >= 4 is 23.4 Å². The second-order valence-electron chi connectivity index (χ2n) is 7.78. The van der Waals surface area contributed by atoms with Gasteiger partial charge in [0.25, 0.3) is 18.5 Å². The zero-order valence-corrected chi connectivity index (χ0v) is 20.5. The maximum absolute atomic E-state index is 12.1. The van der Waals surface area contributed by atoms with Gasteiger partial charge in [-0.15, -0.1) is 11.6 Å². The number of rotatable bonds is 3. The maximum Gasteiger partial charge on any atom is 0.270 e. The number of carbonyl (C=O) groups is 2. The molecule has 2 aliphatic rings. The highest BCUT2D eigenvalue weighted by atomic mass is 35.5. The van der Waals surface area contributed by atoms with Gasteiger partial charge in [-0.1, -0.05) is 36.4 Å². The zero-order chi connectivity index (χ0) is 25.3. The number of nitriles is 1. The smallest absolute Gasteiger partial charge is 0.270 e. The predicted molar refractivity (Wildman–Crippen MR) is 137 cm³/mol. The molecule has 2 aliphatic heterocycles. The summed E-state index contributed by atoms with van der Waals surface area (Å²) < 4.78 is 0. The normalized spacial score (nSPS) is 15.3. The summed E-state index contributed by atoms with van der Waals surface area (Å²) in [5, 5.41) is 10.7. The molecule has 1 N–H and O–H groups in total. The molecule has 0 atom stereocenters. The van der Waals surface area contributed by atoms with E-state index in [1.807, 2.05) is 70.5 Å². The fraction of sp³-hybridized carbons (Fsp3) is 0.385. The number of nitrogens with zero attached hydrogens (tertiary/aromatic N) is 5. The minimum atomic E-state index is 0.0908. The summed E-state index contributed by atoms with van der Waals surface area (Å²) in [5.74, 6) is 0.333. The third-order valence-electron chi connectivity index (χ3n) is 5.44. The third kappa shape index (κ3) is 9.76. The van der Waals surface area contributed by atoms with E-state index < -0.39 is 0 Å². The summed E-state index contributed by atoms with van der Waals surface area (Å²) in [6, 6.07) is 20.5. The molecule has 35 heavy (non-hydrogen) atoms. The Morgan fingerprint density at radius 3 is 1.69 bits per heavy atom. The Morgan fingerprint density at radius 1 is 0.857 bits per heavy atom. The fourth-order valence-electron chi connectivity index (χ4n) is 3.59. The first-order valence-corrected chi connectivity index (χ1v) is 12.0. The minimum absolute atomic E-state index is 0.0908. The largest absolute Gasteiger partial charge is 0.336 e. The van der Waals surface area contributed by atoms with Gasteiger partial charge in [0.1, 0.15) is 5.88 Å². The van der Waals surface area contributed by atoms with Crippen molar-refractivity contribution in [2.45, 2.75) is 0 Å².